The molecule has 1 amide bonds. The van der Waals surface area contributed by atoms with Crippen molar-refractivity contribution in [2.24, 2.45) is 0 Å². The number of rotatable bonds is 4. The summed E-state index contributed by atoms with van der Waals surface area (Å²) in [6, 6.07) is 4.37. The van der Waals surface area contributed by atoms with E-state index in [0.717, 1.165) is 0 Å². The molecule has 0 saturated carbocycles. The summed E-state index contributed by atoms with van der Waals surface area (Å²) < 4.78 is 5.15. The van der Waals surface area contributed by atoms with Crippen LogP contribution in [-0.2, 0) is 9.53 Å². The molecule has 2 unspecified atom stereocenters. The predicted octanol–water partition coefficient (Wildman–Crippen LogP) is 2.47. The molecule has 1 aromatic rings. The molecule has 24 heavy (non-hydrogen) atoms. The van der Waals surface area contributed by atoms with Crippen LogP contribution >= 0.6 is 23.8 Å². The summed E-state index contributed by atoms with van der Waals surface area (Å²) in [5.41, 5.74) is 0.685. The number of thiocarbonyl (C=S) groups is 1. The first-order valence-corrected chi connectivity index (χ1v) is 8.43. The lowest BCUT2D eigenvalue weighted by Gasteiger charge is -2.30. The molecule has 1 aliphatic heterocycles. The van der Waals surface area contributed by atoms with Crippen LogP contribution in [0.3, 0.4) is 0 Å². The number of hydrogen-bond acceptors (Lipinski definition) is 4. The van der Waals surface area contributed by atoms with E-state index in [2.05, 4.69) is 16.0 Å². The SMILES string of the molecule is CC1CC(C(=O)Nc2ccc(Cl)c(C(=O)OC(C)C)c2)NC(=S)N1. The van der Waals surface area contributed by atoms with Gasteiger partial charge in [0.2, 0.25) is 5.91 Å². The summed E-state index contributed by atoms with van der Waals surface area (Å²) in [6.45, 7) is 5.46. The van der Waals surface area contributed by atoms with Crippen LogP contribution in [-0.4, -0.2) is 35.2 Å². The second-order valence-electron chi connectivity index (χ2n) is 5.95. The molecule has 2 atom stereocenters. The molecular formula is C16H20ClN3O3S. The number of ether oxygens (including phenoxy) is 1. The molecule has 0 radical (unpaired) electrons. The zero-order valence-electron chi connectivity index (χ0n) is 13.7. The van der Waals surface area contributed by atoms with E-state index in [1.54, 1.807) is 26.0 Å². The van der Waals surface area contributed by atoms with Crippen LogP contribution in [0.15, 0.2) is 18.2 Å². The molecule has 6 nitrogen and oxygen atoms in total. The van der Waals surface area contributed by atoms with E-state index in [0.29, 0.717) is 17.2 Å². The summed E-state index contributed by atoms with van der Waals surface area (Å²) in [4.78, 5) is 24.4. The average Bonchev–Trinajstić information content (AvgIpc) is 2.47. The molecule has 130 valence electrons. The van der Waals surface area contributed by atoms with Crippen LogP contribution in [0.2, 0.25) is 5.02 Å². The topological polar surface area (TPSA) is 79.5 Å². The number of halogens is 1. The molecule has 1 aliphatic rings. The van der Waals surface area contributed by atoms with E-state index in [9.17, 15) is 9.59 Å². The predicted molar refractivity (Wildman–Crippen MR) is 97.4 cm³/mol. The van der Waals surface area contributed by atoms with Crippen molar-refractivity contribution >= 4 is 46.5 Å². The van der Waals surface area contributed by atoms with Gasteiger partial charge in [0.05, 0.1) is 16.7 Å². The lowest BCUT2D eigenvalue weighted by Crippen LogP contribution is -2.57. The number of nitrogens with one attached hydrogen (secondary N) is 3. The third kappa shape index (κ3) is 4.82. The van der Waals surface area contributed by atoms with E-state index in [-0.39, 0.29) is 28.6 Å². The smallest absolute Gasteiger partial charge is 0.339 e. The van der Waals surface area contributed by atoms with Crippen LogP contribution < -0.4 is 16.0 Å². The average molecular weight is 370 g/mol. The number of anilines is 1. The van der Waals surface area contributed by atoms with Gasteiger partial charge in [-0.2, -0.15) is 0 Å². The van der Waals surface area contributed by atoms with Gasteiger partial charge in [-0.15, -0.1) is 0 Å². The molecule has 0 bridgehead atoms. The minimum atomic E-state index is -0.527. The van der Waals surface area contributed by atoms with Crippen LogP contribution in [0.5, 0.6) is 0 Å². The maximum absolute atomic E-state index is 12.4. The standard InChI is InChI=1S/C16H20ClN3O3S/c1-8(2)23-15(22)11-7-10(4-5-12(11)17)19-14(21)13-6-9(3)18-16(24)20-13/h4-5,7-9,13H,6H2,1-3H3,(H,19,21)(H2,18,20,24). The lowest BCUT2D eigenvalue weighted by atomic mass is 10.1. The van der Waals surface area contributed by atoms with E-state index in [1.165, 1.54) is 6.07 Å². The second kappa shape index (κ2) is 7.81. The zero-order valence-corrected chi connectivity index (χ0v) is 15.3. The number of benzene rings is 1. The van der Waals surface area contributed by atoms with Gasteiger partial charge in [-0.25, -0.2) is 4.79 Å². The molecule has 0 aliphatic carbocycles. The number of carbonyl (C=O) groups excluding carboxylic acids is 2. The highest BCUT2D eigenvalue weighted by Gasteiger charge is 2.27. The Kier molecular flexibility index (Phi) is 6.01. The summed E-state index contributed by atoms with van der Waals surface area (Å²) >= 11 is 11.1. The number of esters is 1. The molecule has 0 spiro atoms. The normalized spacial score (nSPS) is 20.1. The third-order valence-corrected chi connectivity index (χ3v) is 3.95. The zero-order chi connectivity index (χ0) is 17.9. The fourth-order valence-electron chi connectivity index (χ4n) is 2.33. The van der Waals surface area contributed by atoms with Gasteiger partial charge in [0.15, 0.2) is 5.11 Å². The molecule has 1 saturated heterocycles. The van der Waals surface area contributed by atoms with Crippen molar-refractivity contribution in [3.05, 3.63) is 28.8 Å². The van der Waals surface area contributed by atoms with E-state index in [1.807, 2.05) is 6.92 Å². The summed E-state index contributed by atoms with van der Waals surface area (Å²) in [5, 5.41) is 9.47. The van der Waals surface area contributed by atoms with Crippen molar-refractivity contribution in [2.75, 3.05) is 5.32 Å². The van der Waals surface area contributed by atoms with Crippen LogP contribution in [0.1, 0.15) is 37.6 Å². The third-order valence-electron chi connectivity index (χ3n) is 3.39. The molecule has 3 N–H and O–H groups in total. The monoisotopic (exact) mass is 369 g/mol. The van der Waals surface area contributed by atoms with Gasteiger partial charge >= 0.3 is 5.97 Å². The van der Waals surface area contributed by atoms with Crippen LogP contribution in [0.4, 0.5) is 5.69 Å². The first kappa shape index (κ1) is 18.5. The lowest BCUT2D eigenvalue weighted by molar-refractivity contribution is -0.118. The minimum Gasteiger partial charge on any atom is -0.459 e. The molecule has 1 aromatic carbocycles. The van der Waals surface area contributed by atoms with Crippen molar-refractivity contribution in [3.63, 3.8) is 0 Å². The van der Waals surface area contributed by atoms with E-state index < -0.39 is 12.0 Å². The fraction of sp³-hybridized carbons (Fsp3) is 0.438. The fourth-order valence-corrected chi connectivity index (χ4v) is 2.87. The molecule has 1 heterocycles. The van der Waals surface area contributed by atoms with Crippen LogP contribution in [0, 0.1) is 0 Å². The Bertz CT molecular complexity index is 666. The van der Waals surface area contributed by atoms with E-state index in [4.69, 9.17) is 28.6 Å². The molecule has 8 heteroatoms. The Morgan fingerprint density at radius 3 is 2.71 bits per heavy atom. The molecule has 2 rings (SSSR count). The highest BCUT2D eigenvalue weighted by molar-refractivity contribution is 7.80. The summed E-state index contributed by atoms with van der Waals surface area (Å²) in [7, 11) is 0. The Morgan fingerprint density at radius 1 is 1.38 bits per heavy atom. The van der Waals surface area contributed by atoms with Crippen molar-refractivity contribution in [1.29, 1.82) is 0 Å². The number of hydrogen-bond donors (Lipinski definition) is 3. The first-order valence-electron chi connectivity index (χ1n) is 7.64. The van der Waals surface area contributed by atoms with E-state index >= 15 is 0 Å². The molecular weight excluding hydrogens is 350 g/mol. The minimum absolute atomic E-state index is 0.108. The highest BCUT2D eigenvalue weighted by atomic mass is 35.5. The Morgan fingerprint density at radius 2 is 2.08 bits per heavy atom. The summed E-state index contributed by atoms with van der Waals surface area (Å²) in [6.07, 6.45) is 0.343. The Hall–Kier alpha value is -1.86. The molecule has 1 fully saturated rings. The van der Waals surface area contributed by atoms with Gasteiger partial charge < -0.3 is 20.7 Å². The first-order chi connectivity index (χ1) is 11.3. The molecule has 0 aromatic heterocycles. The quantitative estimate of drug-likeness (QED) is 0.559. The number of carbonyl (C=O) groups is 2. The summed E-state index contributed by atoms with van der Waals surface area (Å²) in [5.74, 6) is -0.753. The van der Waals surface area contributed by atoms with Crippen molar-refractivity contribution < 1.29 is 14.3 Å². The maximum atomic E-state index is 12.4. The highest BCUT2D eigenvalue weighted by Crippen LogP contribution is 2.22. The van der Waals surface area contributed by atoms with Gasteiger partial charge in [0.25, 0.3) is 0 Å². The van der Waals surface area contributed by atoms with Gasteiger partial charge in [0.1, 0.15) is 6.04 Å². The Labute approximate surface area is 151 Å². The van der Waals surface area contributed by atoms with Gasteiger partial charge in [-0.05, 0) is 57.6 Å². The number of amides is 1. The van der Waals surface area contributed by atoms with Gasteiger partial charge in [-0.3, -0.25) is 4.79 Å². The van der Waals surface area contributed by atoms with Crippen molar-refractivity contribution in [3.8, 4) is 0 Å². The van der Waals surface area contributed by atoms with Gasteiger partial charge in [0, 0.05) is 11.7 Å². The Balaban J connectivity index is 2.11. The second-order valence-corrected chi connectivity index (χ2v) is 6.76. The van der Waals surface area contributed by atoms with Crippen molar-refractivity contribution in [2.45, 2.75) is 45.4 Å². The maximum Gasteiger partial charge on any atom is 0.339 e. The van der Waals surface area contributed by atoms with Gasteiger partial charge in [-0.1, -0.05) is 11.6 Å². The van der Waals surface area contributed by atoms with Crippen LogP contribution in [0.25, 0.3) is 0 Å². The van der Waals surface area contributed by atoms with Crippen molar-refractivity contribution in [1.82, 2.24) is 10.6 Å². The largest absolute Gasteiger partial charge is 0.459 e.